The predicted octanol–water partition coefficient (Wildman–Crippen LogP) is 4.69. The van der Waals surface area contributed by atoms with Gasteiger partial charge >= 0.3 is 0 Å². The minimum atomic E-state index is 0.742. The van der Waals surface area contributed by atoms with E-state index >= 15 is 0 Å². The van der Waals surface area contributed by atoms with E-state index in [-0.39, 0.29) is 0 Å². The van der Waals surface area contributed by atoms with Crippen LogP contribution in [0, 0.1) is 0 Å². The normalized spacial score (nSPS) is 14.4. The molecule has 1 N–H and O–H groups in total. The molecule has 0 spiro atoms. The molecule has 5 heteroatoms. The second-order valence-corrected chi connectivity index (χ2v) is 6.97. The van der Waals surface area contributed by atoms with Gasteiger partial charge in [-0.2, -0.15) is 0 Å². The Morgan fingerprint density at radius 1 is 1.12 bits per heavy atom. The van der Waals surface area contributed by atoms with Crippen molar-refractivity contribution in [3.8, 4) is 5.75 Å². The summed E-state index contributed by atoms with van der Waals surface area (Å²) in [4.78, 5) is 2.36. The highest BCUT2D eigenvalue weighted by molar-refractivity contribution is 9.10. The number of rotatable bonds is 7. The average Bonchev–Trinajstić information content (AvgIpc) is 2.67. The number of anilines is 2. The van der Waals surface area contributed by atoms with Gasteiger partial charge in [-0.15, -0.1) is 0 Å². The van der Waals surface area contributed by atoms with E-state index in [9.17, 15) is 0 Å². The Balaban J connectivity index is 1.55. The molecule has 1 aliphatic heterocycles. The third-order valence-corrected chi connectivity index (χ3v) is 4.82. The van der Waals surface area contributed by atoms with Crippen molar-refractivity contribution in [2.24, 2.45) is 0 Å². The summed E-state index contributed by atoms with van der Waals surface area (Å²) < 4.78 is 12.1. The molecule has 2 aromatic carbocycles. The van der Waals surface area contributed by atoms with Gasteiger partial charge in [0.2, 0.25) is 0 Å². The summed E-state index contributed by atoms with van der Waals surface area (Å²) in [6.45, 7) is 7.19. The zero-order valence-electron chi connectivity index (χ0n) is 14.6. The molecule has 0 unspecified atom stereocenters. The van der Waals surface area contributed by atoms with Crippen LogP contribution >= 0.6 is 15.9 Å². The van der Waals surface area contributed by atoms with Crippen LogP contribution in [0.4, 0.5) is 11.4 Å². The van der Waals surface area contributed by atoms with Crippen molar-refractivity contribution in [2.75, 3.05) is 43.1 Å². The summed E-state index contributed by atoms with van der Waals surface area (Å²) in [7, 11) is 0. The molecular weight excluding hydrogens is 380 g/mol. The smallest absolute Gasteiger partial charge is 0.133 e. The number of hydrogen-bond donors (Lipinski definition) is 1. The standard InChI is InChI=1S/C20H25BrN2O2/c1-2-11-25-20-8-3-16(14-19(20)21)15-22-17-4-6-18(7-5-17)23-9-12-24-13-10-23/h3-8,14,22H,2,9-13,15H2,1H3. The van der Waals surface area contributed by atoms with Crippen LogP contribution in [0.15, 0.2) is 46.9 Å². The van der Waals surface area contributed by atoms with Crippen molar-refractivity contribution in [2.45, 2.75) is 19.9 Å². The third-order valence-electron chi connectivity index (χ3n) is 4.20. The molecule has 3 rings (SSSR count). The SMILES string of the molecule is CCCOc1ccc(CNc2ccc(N3CCOCC3)cc2)cc1Br. The van der Waals surface area contributed by atoms with Crippen LogP contribution in [-0.2, 0) is 11.3 Å². The van der Waals surface area contributed by atoms with E-state index in [4.69, 9.17) is 9.47 Å². The fourth-order valence-corrected chi connectivity index (χ4v) is 3.34. The third kappa shape index (κ3) is 5.13. The van der Waals surface area contributed by atoms with Gasteiger partial charge in [-0.05, 0) is 64.3 Å². The molecule has 134 valence electrons. The van der Waals surface area contributed by atoms with Gasteiger partial charge in [-0.25, -0.2) is 0 Å². The lowest BCUT2D eigenvalue weighted by Gasteiger charge is -2.28. The number of benzene rings is 2. The maximum atomic E-state index is 5.69. The highest BCUT2D eigenvalue weighted by atomic mass is 79.9. The van der Waals surface area contributed by atoms with Crippen LogP contribution in [0.25, 0.3) is 0 Å². The van der Waals surface area contributed by atoms with Gasteiger partial charge in [0.15, 0.2) is 0 Å². The molecule has 0 radical (unpaired) electrons. The van der Waals surface area contributed by atoms with Gasteiger partial charge in [0.1, 0.15) is 5.75 Å². The van der Waals surface area contributed by atoms with Gasteiger partial charge in [0.25, 0.3) is 0 Å². The second-order valence-electron chi connectivity index (χ2n) is 6.11. The van der Waals surface area contributed by atoms with E-state index in [0.29, 0.717) is 0 Å². The van der Waals surface area contributed by atoms with Gasteiger partial charge in [-0.1, -0.05) is 13.0 Å². The topological polar surface area (TPSA) is 33.7 Å². The Bertz CT molecular complexity index is 670. The number of hydrogen-bond acceptors (Lipinski definition) is 4. The minimum Gasteiger partial charge on any atom is -0.492 e. The van der Waals surface area contributed by atoms with Crippen LogP contribution in [0.3, 0.4) is 0 Å². The first-order valence-corrected chi connectivity index (χ1v) is 9.63. The van der Waals surface area contributed by atoms with E-state index in [0.717, 1.165) is 61.8 Å². The van der Waals surface area contributed by atoms with Crippen molar-refractivity contribution in [1.82, 2.24) is 0 Å². The van der Waals surface area contributed by atoms with Crippen molar-refractivity contribution in [3.05, 3.63) is 52.5 Å². The van der Waals surface area contributed by atoms with Gasteiger partial charge in [-0.3, -0.25) is 0 Å². The fraction of sp³-hybridized carbons (Fsp3) is 0.400. The van der Waals surface area contributed by atoms with Crippen LogP contribution in [-0.4, -0.2) is 32.9 Å². The zero-order valence-corrected chi connectivity index (χ0v) is 16.2. The number of nitrogens with zero attached hydrogens (tertiary/aromatic N) is 1. The molecule has 4 nitrogen and oxygen atoms in total. The van der Waals surface area contributed by atoms with Crippen LogP contribution < -0.4 is 15.0 Å². The zero-order chi connectivity index (χ0) is 17.5. The number of nitrogens with one attached hydrogen (secondary N) is 1. The molecular formula is C20H25BrN2O2. The van der Waals surface area contributed by atoms with Gasteiger partial charge in [0.05, 0.1) is 24.3 Å². The molecule has 1 fully saturated rings. The lowest BCUT2D eigenvalue weighted by Crippen LogP contribution is -2.36. The Hall–Kier alpha value is -1.72. The Morgan fingerprint density at radius 2 is 1.88 bits per heavy atom. The highest BCUT2D eigenvalue weighted by Gasteiger charge is 2.10. The van der Waals surface area contributed by atoms with E-state index in [1.54, 1.807) is 0 Å². The number of ether oxygens (including phenoxy) is 2. The monoisotopic (exact) mass is 404 g/mol. The summed E-state index contributed by atoms with van der Waals surface area (Å²) in [5.74, 6) is 0.903. The fourth-order valence-electron chi connectivity index (χ4n) is 2.80. The van der Waals surface area contributed by atoms with Crippen molar-refractivity contribution < 1.29 is 9.47 Å². The molecule has 1 aliphatic rings. The highest BCUT2D eigenvalue weighted by Crippen LogP contribution is 2.27. The Morgan fingerprint density at radius 3 is 2.56 bits per heavy atom. The Labute approximate surface area is 158 Å². The van der Waals surface area contributed by atoms with Crippen LogP contribution in [0.2, 0.25) is 0 Å². The van der Waals surface area contributed by atoms with E-state index in [2.05, 4.69) is 69.5 Å². The van der Waals surface area contributed by atoms with Gasteiger partial charge < -0.3 is 19.7 Å². The molecule has 0 amide bonds. The van der Waals surface area contributed by atoms with Gasteiger partial charge in [0, 0.05) is 31.0 Å². The number of morpholine rings is 1. The first kappa shape index (κ1) is 18.1. The lowest BCUT2D eigenvalue weighted by atomic mass is 10.2. The van der Waals surface area contributed by atoms with E-state index < -0.39 is 0 Å². The quantitative estimate of drug-likeness (QED) is 0.725. The van der Waals surface area contributed by atoms with Crippen LogP contribution in [0.5, 0.6) is 5.75 Å². The predicted molar refractivity (Wildman–Crippen MR) is 107 cm³/mol. The first-order valence-electron chi connectivity index (χ1n) is 8.84. The van der Waals surface area contributed by atoms with Crippen molar-refractivity contribution in [3.63, 3.8) is 0 Å². The first-order chi connectivity index (χ1) is 12.3. The average molecular weight is 405 g/mol. The maximum Gasteiger partial charge on any atom is 0.133 e. The second kappa shape index (κ2) is 9.11. The van der Waals surface area contributed by atoms with Crippen molar-refractivity contribution >= 4 is 27.3 Å². The molecule has 0 saturated carbocycles. The largest absolute Gasteiger partial charge is 0.492 e. The minimum absolute atomic E-state index is 0.742. The summed E-state index contributed by atoms with van der Waals surface area (Å²) in [5.41, 5.74) is 3.60. The summed E-state index contributed by atoms with van der Waals surface area (Å²) in [6, 6.07) is 14.9. The summed E-state index contributed by atoms with van der Waals surface area (Å²) in [5, 5.41) is 3.48. The molecule has 0 aromatic heterocycles. The molecule has 25 heavy (non-hydrogen) atoms. The van der Waals surface area contributed by atoms with E-state index in [1.807, 2.05) is 6.07 Å². The molecule has 0 bridgehead atoms. The molecule has 0 atom stereocenters. The Kier molecular flexibility index (Phi) is 6.59. The van der Waals surface area contributed by atoms with E-state index in [1.165, 1.54) is 11.3 Å². The summed E-state index contributed by atoms with van der Waals surface area (Å²) in [6.07, 6.45) is 1.01. The van der Waals surface area contributed by atoms with Crippen LogP contribution in [0.1, 0.15) is 18.9 Å². The molecule has 1 saturated heterocycles. The molecule has 1 heterocycles. The molecule has 0 aliphatic carbocycles. The number of halogens is 1. The maximum absolute atomic E-state index is 5.69. The molecule has 2 aromatic rings. The van der Waals surface area contributed by atoms with Crippen molar-refractivity contribution in [1.29, 1.82) is 0 Å². The lowest BCUT2D eigenvalue weighted by molar-refractivity contribution is 0.122. The summed E-state index contributed by atoms with van der Waals surface area (Å²) >= 11 is 3.59.